The van der Waals surface area contributed by atoms with E-state index in [2.05, 4.69) is 0 Å². The third kappa shape index (κ3) is 3.94. The van der Waals surface area contributed by atoms with Gasteiger partial charge in [-0.3, -0.25) is 0 Å². The predicted molar refractivity (Wildman–Crippen MR) is 81.2 cm³/mol. The summed E-state index contributed by atoms with van der Waals surface area (Å²) in [5.41, 5.74) is 6.60. The van der Waals surface area contributed by atoms with E-state index in [1.54, 1.807) is 12.1 Å². The van der Waals surface area contributed by atoms with Crippen LogP contribution >= 0.6 is 11.8 Å². The lowest BCUT2D eigenvalue weighted by Gasteiger charge is -2.17. The average molecular weight is 311 g/mol. The lowest BCUT2D eigenvalue weighted by molar-refractivity contribution is -0.137. The van der Waals surface area contributed by atoms with Crippen LogP contribution in [0, 0.1) is 0 Å². The second-order valence-electron chi connectivity index (χ2n) is 4.68. The van der Waals surface area contributed by atoms with Gasteiger partial charge < -0.3 is 5.73 Å². The smallest absolute Gasteiger partial charge is 0.398 e. The summed E-state index contributed by atoms with van der Waals surface area (Å²) in [4.78, 5) is 0.891. The second kappa shape index (κ2) is 6.43. The van der Waals surface area contributed by atoms with Gasteiger partial charge in [-0.25, -0.2) is 0 Å². The molecule has 2 rings (SSSR count). The lowest BCUT2D eigenvalue weighted by Crippen LogP contribution is -2.06. The first-order chi connectivity index (χ1) is 9.91. The SMILES string of the molecule is CCC(Sc1ccccc1N)c1cccc(C(F)(F)F)c1. The van der Waals surface area contributed by atoms with Crippen LogP contribution in [0.5, 0.6) is 0 Å². The third-order valence-corrected chi connectivity index (χ3v) is 4.66. The van der Waals surface area contributed by atoms with Crippen LogP contribution in [-0.2, 0) is 6.18 Å². The minimum Gasteiger partial charge on any atom is -0.398 e. The van der Waals surface area contributed by atoms with E-state index in [1.165, 1.54) is 23.9 Å². The van der Waals surface area contributed by atoms with Gasteiger partial charge >= 0.3 is 6.18 Å². The van der Waals surface area contributed by atoms with Crippen LogP contribution in [-0.4, -0.2) is 0 Å². The van der Waals surface area contributed by atoms with E-state index in [4.69, 9.17) is 5.73 Å². The molecule has 0 spiro atoms. The van der Waals surface area contributed by atoms with Crippen molar-refractivity contribution in [3.63, 3.8) is 0 Å². The third-order valence-electron chi connectivity index (χ3n) is 3.14. The molecule has 0 bridgehead atoms. The number of halogens is 3. The molecule has 1 nitrogen and oxygen atoms in total. The Kier molecular flexibility index (Phi) is 4.83. The molecule has 0 aliphatic heterocycles. The number of nitrogen functional groups attached to an aromatic ring is 1. The minimum absolute atomic E-state index is 0.0583. The first-order valence-electron chi connectivity index (χ1n) is 6.60. The van der Waals surface area contributed by atoms with Gasteiger partial charge in [0.25, 0.3) is 0 Å². The Hall–Kier alpha value is -1.62. The Morgan fingerprint density at radius 3 is 2.43 bits per heavy atom. The molecule has 0 radical (unpaired) electrons. The van der Waals surface area contributed by atoms with Gasteiger partial charge in [-0.1, -0.05) is 37.3 Å². The van der Waals surface area contributed by atoms with E-state index in [-0.39, 0.29) is 5.25 Å². The van der Waals surface area contributed by atoms with Gasteiger partial charge in [0.05, 0.1) is 5.56 Å². The van der Waals surface area contributed by atoms with Crippen molar-refractivity contribution in [1.29, 1.82) is 0 Å². The van der Waals surface area contributed by atoms with Gasteiger partial charge in [-0.15, -0.1) is 11.8 Å². The Balaban J connectivity index is 2.28. The summed E-state index contributed by atoms with van der Waals surface area (Å²) >= 11 is 1.50. The van der Waals surface area contributed by atoms with Gasteiger partial charge in [0.15, 0.2) is 0 Å². The predicted octanol–water partition coefficient (Wildman–Crippen LogP) is 5.53. The molecule has 2 aromatic rings. The molecule has 0 fully saturated rings. The van der Waals surface area contributed by atoms with Crippen LogP contribution in [0.1, 0.15) is 29.7 Å². The summed E-state index contributed by atoms with van der Waals surface area (Å²) in [6.07, 6.45) is -3.59. The first-order valence-corrected chi connectivity index (χ1v) is 7.48. The molecule has 0 amide bonds. The molecular formula is C16H16F3NS. The molecule has 2 aromatic carbocycles. The monoisotopic (exact) mass is 311 g/mol. The van der Waals surface area contributed by atoms with Crippen molar-refractivity contribution >= 4 is 17.4 Å². The van der Waals surface area contributed by atoms with Crippen molar-refractivity contribution in [3.8, 4) is 0 Å². The van der Waals surface area contributed by atoms with E-state index in [9.17, 15) is 13.2 Å². The quantitative estimate of drug-likeness (QED) is 0.593. The Morgan fingerprint density at radius 2 is 1.81 bits per heavy atom. The maximum absolute atomic E-state index is 12.8. The maximum atomic E-state index is 12.8. The van der Waals surface area contributed by atoms with Gasteiger partial charge in [0, 0.05) is 15.8 Å². The summed E-state index contributed by atoms with van der Waals surface area (Å²) in [6.45, 7) is 1.96. The number of alkyl halides is 3. The highest BCUT2D eigenvalue weighted by Gasteiger charge is 2.31. The van der Waals surface area contributed by atoms with Crippen molar-refractivity contribution in [3.05, 3.63) is 59.7 Å². The highest BCUT2D eigenvalue weighted by atomic mass is 32.2. The number of benzene rings is 2. The summed E-state index contributed by atoms with van der Waals surface area (Å²) < 4.78 is 38.4. The zero-order valence-corrected chi connectivity index (χ0v) is 12.3. The van der Waals surface area contributed by atoms with Gasteiger partial charge in [0.1, 0.15) is 0 Å². The van der Waals surface area contributed by atoms with Gasteiger partial charge in [-0.05, 0) is 30.2 Å². The molecule has 0 aliphatic carbocycles. The number of hydrogen-bond donors (Lipinski definition) is 1. The fraction of sp³-hybridized carbons (Fsp3) is 0.250. The molecule has 0 aliphatic rings. The zero-order valence-electron chi connectivity index (χ0n) is 11.5. The summed E-state index contributed by atoms with van der Waals surface area (Å²) in [5, 5.41) is -0.0583. The molecule has 0 heterocycles. The normalized spacial score (nSPS) is 13.1. The van der Waals surface area contributed by atoms with Crippen molar-refractivity contribution in [2.75, 3.05) is 5.73 Å². The van der Waals surface area contributed by atoms with E-state index < -0.39 is 11.7 Å². The van der Waals surface area contributed by atoms with Crippen LogP contribution in [0.15, 0.2) is 53.4 Å². The molecule has 1 unspecified atom stereocenters. The maximum Gasteiger partial charge on any atom is 0.416 e. The molecule has 112 valence electrons. The molecule has 5 heteroatoms. The number of nitrogens with two attached hydrogens (primary N) is 1. The molecule has 0 aromatic heterocycles. The zero-order chi connectivity index (χ0) is 15.5. The highest BCUT2D eigenvalue weighted by molar-refractivity contribution is 7.99. The standard InChI is InChI=1S/C16H16F3NS/c1-2-14(21-15-9-4-3-8-13(15)20)11-6-5-7-12(10-11)16(17,18)19/h3-10,14H,2,20H2,1H3. The topological polar surface area (TPSA) is 26.0 Å². The van der Waals surface area contributed by atoms with Crippen LogP contribution in [0.3, 0.4) is 0 Å². The summed E-state index contributed by atoms with van der Waals surface area (Å²) in [6, 6.07) is 12.9. The fourth-order valence-electron chi connectivity index (χ4n) is 2.04. The van der Waals surface area contributed by atoms with Crippen LogP contribution in [0.4, 0.5) is 18.9 Å². The number of para-hydroxylation sites is 1. The van der Waals surface area contributed by atoms with Crippen molar-refractivity contribution in [2.45, 2.75) is 29.7 Å². The van der Waals surface area contributed by atoms with E-state index in [0.717, 1.165) is 17.4 Å². The van der Waals surface area contributed by atoms with Crippen LogP contribution in [0.2, 0.25) is 0 Å². The number of thioether (sulfide) groups is 1. The Morgan fingerprint density at radius 1 is 1.10 bits per heavy atom. The molecule has 1 atom stereocenters. The lowest BCUT2D eigenvalue weighted by atomic mass is 10.1. The molecule has 2 N–H and O–H groups in total. The minimum atomic E-state index is -4.31. The molecular weight excluding hydrogens is 295 g/mol. The largest absolute Gasteiger partial charge is 0.416 e. The number of rotatable bonds is 4. The van der Waals surface area contributed by atoms with Crippen molar-refractivity contribution in [2.24, 2.45) is 0 Å². The Labute approximate surface area is 126 Å². The second-order valence-corrected chi connectivity index (χ2v) is 5.92. The highest BCUT2D eigenvalue weighted by Crippen LogP contribution is 2.41. The van der Waals surface area contributed by atoms with Gasteiger partial charge in [0.2, 0.25) is 0 Å². The summed E-state index contributed by atoms with van der Waals surface area (Å²) in [7, 11) is 0. The molecule has 0 saturated carbocycles. The van der Waals surface area contributed by atoms with Crippen LogP contribution < -0.4 is 5.73 Å². The first kappa shape index (κ1) is 15.8. The van der Waals surface area contributed by atoms with Crippen molar-refractivity contribution < 1.29 is 13.2 Å². The summed E-state index contributed by atoms with van der Waals surface area (Å²) in [5.74, 6) is 0. The fourth-order valence-corrected chi connectivity index (χ4v) is 3.16. The van der Waals surface area contributed by atoms with Gasteiger partial charge in [-0.2, -0.15) is 13.2 Å². The van der Waals surface area contributed by atoms with Crippen LogP contribution in [0.25, 0.3) is 0 Å². The Bertz CT molecular complexity index is 610. The number of anilines is 1. The van der Waals surface area contributed by atoms with Crippen molar-refractivity contribution in [1.82, 2.24) is 0 Å². The average Bonchev–Trinajstić information content (AvgIpc) is 2.46. The van der Waals surface area contributed by atoms with E-state index >= 15 is 0 Å². The molecule has 0 saturated heterocycles. The van der Waals surface area contributed by atoms with E-state index in [1.807, 2.05) is 25.1 Å². The molecule has 21 heavy (non-hydrogen) atoms. The number of hydrogen-bond acceptors (Lipinski definition) is 2. The van der Waals surface area contributed by atoms with E-state index in [0.29, 0.717) is 11.3 Å².